The van der Waals surface area contributed by atoms with Gasteiger partial charge in [-0.3, -0.25) is 19.3 Å². The van der Waals surface area contributed by atoms with Crippen molar-refractivity contribution in [3.8, 4) is 11.5 Å². The smallest absolute Gasteiger partial charge is 0.261 e. The molecule has 1 unspecified atom stereocenters. The lowest BCUT2D eigenvalue weighted by molar-refractivity contribution is -0.113. The normalized spacial score (nSPS) is 16.7. The number of benzene rings is 3. The van der Waals surface area contributed by atoms with Crippen molar-refractivity contribution < 1.29 is 23.9 Å². The van der Waals surface area contributed by atoms with Gasteiger partial charge in [-0.15, -0.1) is 11.8 Å². The predicted octanol–water partition coefficient (Wildman–Crippen LogP) is 5.43. The molecule has 0 bridgehead atoms. The highest BCUT2D eigenvalue weighted by Gasteiger charge is 2.37. The van der Waals surface area contributed by atoms with Gasteiger partial charge < -0.3 is 14.8 Å². The van der Waals surface area contributed by atoms with Gasteiger partial charge in [0.1, 0.15) is 11.5 Å². The van der Waals surface area contributed by atoms with Crippen LogP contribution in [0.4, 0.5) is 5.69 Å². The zero-order valence-corrected chi connectivity index (χ0v) is 21.4. The van der Waals surface area contributed by atoms with Gasteiger partial charge in [0.25, 0.3) is 11.8 Å². The minimum Gasteiger partial charge on any atom is -0.457 e. The lowest BCUT2D eigenvalue weighted by Gasteiger charge is -2.17. The number of carbonyl (C=O) groups is 3. The van der Waals surface area contributed by atoms with Gasteiger partial charge in [-0.1, -0.05) is 29.8 Å². The minimum atomic E-state index is -0.320. The molecule has 190 valence electrons. The summed E-state index contributed by atoms with van der Waals surface area (Å²) in [6.07, 6.45) is 1.70. The summed E-state index contributed by atoms with van der Waals surface area (Å²) in [4.78, 5) is 39.2. The summed E-state index contributed by atoms with van der Waals surface area (Å²) in [5.41, 5.74) is 3.81. The Kier molecular flexibility index (Phi) is 7.58. The molecule has 3 aromatic rings. The third kappa shape index (κ3) is 6.03. The molecule has 0 aliphatic carbocycles. The lowest BCUT2D eigenvalue weighted by atomic mass is 10.1. The molecule has 37 heavy (non-hydrogen) atoms. The molecule has 2 heterocycles. The van der Waals surface area contributed by atoms with Crippen LogP contribution in [0.5, 0.6) is 11.5 Å². The van der Waals surface area contributed by atoms with Crippen molar-refractivity contribution in [3.05, 3.63) is 89.0 Å². The fraction of sp³-hybridized carbons (Fsp3) is 0.276. The third-order valence-corrected chi connectivity index (χ3v) is 7.31. The highest BCUT2D eigenvalue weighted by molar-refractivity contribution is 7.99. The first-order valence-electron chi connectivity index (χ1n) is 12.3. The monoisotopic (exact) mass is 516 g/mol. The zero-order valence-electron chi connectivity index (χ0n) is 20.6. The zero-order chi connectivity index (χ0) is 25.8. The number of nitrogens with zero attached hydrogens (tertiary/aromatic N) is 1. The second kappa shape index (κ2) is 11.2. The van der Waals surface area contributed by atoms with Crippen LogP contribution in [0.25, 0.3) is 0 Å². The van der Waals surface area contributed by atoms with E-state index in [1.165, 1.54) is 16.0 Å². The summed E-state index contributed by atoms with van der Waals surface area (Å²) in [5.74, 6) is 1.47. The fourth-order valence-electron chi connectivity index (χ4n) is 4.49. The average molecular weight is 517 g/mol. The molecule has 8 heteroatoms. The van der Waals surface area contributed by atoms with E-state index in [0.717, 1.165) is 18.6 Å². The van der Waals surface area contributed by atoms with Crippen LogP contribution in [0.2, 0.25) is 0 Å². The highest BCUT2D eigenvalue weighted by atomic mass is 32.2. The number of rotatable bonds is 9. The molecule has 2 aliphatic rings. The Morgan fingerprint density at radius 3 is 2.57 bits per heavy atom. The van der Waals surface area contributed by atoms with Gasteiger partial charge in [-0.25, -0.2) is 0 Å². The van der Waals surface area contributed by atoms with Crippen LogP contribution in [0.15, 0.2) is 66.7 Å². The third-order valence-electron chi connectivity index (χ3n) is 6.31. The van der Waals surface area contributed by atoms with Crippen LogP contribution < -0.4 is 10.1 Å². The summed E-state index contributed by atoms with van der Waals surface area (Å²) in [7, 11) is 0. The van der Waals surface area contributed by atoms with E-state index in [-0.39, 0.29) is 30.4 Å². The number of ether oxygens (including phenoxy) is 2. The van der Waals surface area contributed by atoms with Crippen LogP contribution in [0.1, 0.15) is 44.7 Å². The first kappa shape index (κ1) is 25.0. The Morgan fingerprint density at radius 2 is 1.81 bits per heavy atom. The summed E-state index contributed by atoms with van der Waals surface area (Å²) in [6.45, 7) is 3.00. The number of aryl methyl sites for hydroxylation is 1. The Morgan fingerprint density at radius 1 is 1.03 bits per heavy atom. The molecular weight excluding hydrogens is 488 g/mol. The van der Waals surface area contributed by atoms with Gasteiger partial charge >= 0.3 is 0 Å². The molecule has 3 amide bonds. The predicted molar refractivity (Wildman–Crippen MR) is 143 cm³/mol. The molecule has 5 rings (SSSR count). The van der Waals surface area contributed by atoms with E-state index in [9.17, 15) is 14.4 Å². The largest absolute Gasteiger partial charge is 0.457 e. The topological polar surface area (TPSA) is 84.9 Å². The summed E-state index contributed by atoms with van der Waals surface area (Å²) >= 11 is 1.57. The minimum absolute atomic E-state index is 0.0688. The van der Waals surface area contributed by atoms with Gasteiger partial charge in [0.15, 0.2) is 0 Å². The molecule has 0 aromatic heterocycles. The molecule has 1 fully saturated rings. The highest BCUT2D eigenvalue weighted by Crippen LogP contribution is 2.31. The van der Waals surface area contributed by atoms with E-state index in [2.05, 4.69) is 30.4 Å². The summed E-state index contributed by atoms with van der Waals surface area (Å²) in [5, 5.41) is 2.90. The van der Waals surface area contributed by atoms with Crippen LogP contribution in [-0.2, 0) is 15.3 Å². The number of anilines is 1. The number of hydrogen-bond donors (Lipinski definition) is 1. The Balaban J connectivity index is 1.14. The number of thioether (sulfide) groups is 1. The van der Waals surface area contributed by atoms with Crippen molar-refractivity contribution in [2.45, 2.75) is 31.6 Å². The van der Waals surface area contributed by atoms with Gasteiger partial charge in [-0.2, -0.15) is 0 Å². The SMILES string of the molecule is Cc1cccc(CSCC(=O)Nc2ccc(Oc3ccc4c(c3)C(=O)N(CC3CCCO3)C4=O)cc2)c1. The van der Waals surface area contributed by atoms with E-state index >= 15 is 0 Å². The summed E-state index contributed by atoms with van der Waals surface area (Å²) in [6, 6.07) is 20.2. The molecule has 1 N–H and O–H groups in total. The Bertz CT molecular complexity index is 1320. The van der Waals surface area contributed by atoms with Crippen molar-refractivity contribution in [3.63, 3.8) is 0 Å². The summed E-state index contributed by atoms with van der Waals surface area (Å²) < 4.78 is 11.5. The Labute approximate surface area is 220 Å². The maximum atomic E-state index is 12.9. The average Bonchev–Trinajstić information content (AvgIpc) is 3.48. The molecule has 1 saturated heterocycles. The molecule has 0 spiro atoms. The van der Waals surface area contributed by atoms with Gasteiger partial charge in [0.05, 0.1) is 29.5 Å². The van der Waals surface area contributed by atoms with Crippen LogP contribution in [-0.4, -0.2) is 47.6 Å². The number of hydrogen-bond acceptors (Lipinski definition) is 6. The van der Waals surface area contributed by atoms with Gasteiger partial charge in [-0.05, 0) is 67.8 Å². The lowest BCUT2D eigenvalue weighted by Crippen LogP contribution is -2.36. The second-order valence-corrected chi connectivity index (χ2v) is 10.2. The maximum absolute atomic E-state index is 12.9. The van der Waals surface area contributed by atoms with E-state index in [1.807, 2.05) is 6.07 Å². The van der Waals surface area contributed by atoms with Crippen LogP contribution in [0, 0.1) is 6.92 Å². The molecule has 1 atom stereocenters. The van der Waals surface area contributed by atoms with Crippen LogP contribution >= 0.6 is 11.8 Å². The first-order chi connectivity index (χ1) is 18.0. The van der Waals surface area contributed by atoms with E-state index in [4.69, 9.17) is 9.47 Å². The van der Waals surface area contributed by atoms with Gasteiger partial charge in [0, 0.05) is 18.0 Å². The molecule has 2 aliphatic heterocycles. The maximum Gasteiger partial charge on any atom is 0.261 e. The van der Waals surface area contributed by atoms with Gasteiger partial charge in [0.2, 0.25) is 5.91 Å². The number of nitrogens with one attached hydrogen (secondary N) is 1. The number of amides is 3. The number of fused-ring (bicyclic) bond motifs is 1. The van der Waals surface area contributed by atoms with Crippen LogP contribution in [0.3, 0.4) is 0 Å². The van der Waals surface area contributed by atoms with E-state index < -0.39 is 0 Å². The molecular formula is C29H28N2O5S. The molecule has 0 radical (unpaired) electrons. The molecule has 3 aromatic carbocycles. The van der Waals surface area contributed by atoms with Crippen molar-refractivity contribution >= 4 is 35.2 Å². The van der Waals surface area contributed by atoms with Crippen molar-refractivity contribution in [1.29, 1.82) is 0 Å². The van der Waals surface area contributed by atoms with Crippen molar-refractivity contribution in [2.24, 2.45) is 0 Å². The van der Waals surface area contributed by atoms with E-state index in [1.54, 1.807) is 54.2 Å². The van der Waals surface area contributed by atoms with E-state index in [0.29, 0.717) is 40.7 Å². The first-order valence-corrected chi connectivity index (χ1v) is 13.4. The van der Waals surface area contributed by atoms with Crippen molar-refractivity contribution in [1.82, 2.24) is 4.90 Å². The standard InChI is InChI=1S/C29H28N2O5S/c1-19-4-2-5-20(14-19)17-37-18-27(32)30-21-7-9-22(10-8-21)36-23-11-12-25-26(15-23)29(34)31(28(25)33)16-24-6-3-13-35-24/h2,4-5,7-12,14-15,24H,3,6,13,16-18H2,1H3,(H,30,32). The molecule has 7 nitrogen and oxygen atoms in total. The number of imide groups is 1. The van der Waals surface area contributed by atoms with Crippen molar-refractivity contribution in [2.75, 3.05) is 24.2 Å². The Hall–Kier alpha value is -3.62. The number of carbonyl (C=O) groups excluding carboxylic acids is 3. The quantitative estimate of drug-likeness (QED) is 0.382. The second-order valence-electron chi connectivity index (χ2n) is 9.22. The fourth-order valence-corrected chi connectivity index (χ4v) is 5.27. The molecule has 0 saturated carbocycles.